The Labute approximate surface area is 306 Å². The predicted molar refractivity (Wildman–Crippen MR) is 184 cm³/mol. The molecule has 18 unspecified atom stereocenters. The fraction of sp³-hybridized carbons (Fsp3) is 0.875. The van der Waals surface area contributed by atoms with E-state index in [9.17, 15) is 15.0 Å². The number of rotatable bonds is 4. The number of aliphatic hydroxyl groups excluding tert-OH is 2. The zero-order chi connectivity index (χ0) is 35.9. The molecule has 290 valence electrons. The average molecular weight is 731 g/mol. The monoisotopic (exact) mass is 730 g/mol. The van der Waals surface area contributed by atoms with E-state index in [2.05, 4.69) is 20.1 Å². The zero-order valence-electron chi connectivity index (χ0n) is 30.7. The Kier molecular flexibility index (Phi) is 10.0. The van der Waals surface area contributed by atoms with Gasteiger partial charge in [0.2, 0.25) is 0 Å². The number of ether oxygens (including phenoxy) is 9. The number of Topliss-reactive ketones (excluding diaryl/α,β-unsaturated/α-hetero) is 1. The highest BCUT2D eigenvalue weighted by Gasteiger charge is 2.68. The first-order valence-electron chi connectivity index (χ1n) is 20.1. The molecule has 10 aliphatic rings. The summed E-state index contributed by atoms with van der Waals surface area (Å²) in [4.78, 5) is 14.0. The Morgan fingerprint density at radius 3 is 2.37 bits per heavy atom. The summed E-state index contributed by atoms with van der Waals surface area (Å²) in [6, 6.07) is 0. The van der Waals surface area contributed by atoms with E-state index < -0.39 is 24.1 Å². The number of carbonyl (C=O) groups is 1. The van der Waals surface area contributed by atoms with Gasteiger partial charge in [0.05, 0.1) is 73.8 Å². The smallest absolute Gasteiger partial charge is 0.172 e. The van der Waals surface area contributed by atoms with Gasteiger partial charge in [-0.3, -0.25) is 4.79 Å². The summed E-state index contributed by atoms with van der Waals surface area (Å²) in [6.45, 7) is 10.7. The lowest BCUT2D eigenvalue weighted by Crippen LogP contribution is -2.61. The summed E-state index contributed by atoms with van der Waals surface area (Å²) < 4.78 is 59.8. The van der Waals surface area contributed by atoms with E-state index in [-0.39, 0.29) is 123 Å². The van der Waals surface area contributed by atoms with Crippen LogP contribution in [-0.2, 0) is 47.4 Å². The molecule has 0 saturated carbocycles. The summed E-state index contributed by atoms with van der Waals surface area (Å²) in [5.41, 5.74) is 2.17. The first-order chi connectivity index (χ1) is 25.1. The van der Waals surface area contributed by atoms with Crippen LogP contribution in [-0.4, -0.2) is 133 Å². The van der Waals surface area contributed by atoms with Crippen LogP contribution in [0.1, 0.15) is 90.4 Å². The van der Waals surface area contributed by atoms with Gasteiger partial charge in [-0.15, -0.1) is 0 Å². The number of ketones is 1. The lowest BCUT2D eigenvalue weighted by Gasteiger charge is -2.47. The number of carbonyl (C=O) groups excluding carboxylic acids is 1. The highest BCUT2D eigenvalue weighted by Crippen LogP contribution is 2.54. The van der Waals surface area contributed by atoms with Crippen molar-refractivity contribution in [2.45, 2.75) is 194 Å². The van der Waals surface area contributed by atoms with Gasteiger partial charge < -0.3 is 52.8 Å². The molecule has 10 heterocycles. The molecule has 10 saturated heterocycles. The fourth-order valence-corrected chi connectivity index (χ4v) is 11.3. The molecule has 12 heteroatoms. The van der Waals surface area contributed by atoms with E-state index >= 15 is 0 Å². The maximum Gasteiger partial charge on any atom is 0.172 e. The first kappa shape index (κ1) is 36.4. The van der Waals surface area contributed by atoms with Gasteiger partial charge in [0.1, 0.15) is 36.3 Å². The second kappa shape index (κ2) is 14.3. The summed E-state index contributed by atoms with van der Waals surface area (Å²) in [5.74, 6) is -0.709. The Morgan fingerprint density at radius 1 is 0.788 bits per heavy atom. The van der Waals surface area contributed by atoms with Gasteiger partial charge in [0, 0.05) is 51.6 Å². The van der Waals surface area contributed by atoms with E-state index in [4.69, 9.17) is 42.6 Å². The third kappa shape index (κ3) is 6.59. The predicted octanol–water partition coefficient (Wildman–Crippen LogP) is 3.47. The Hall–Kier alpha value is -1.29. The molecule has 1 spiro atoms. The zero-order valence-corrected chi connectivity index (χ0v) is 30.7. The molecular formula is C40H58O12. The highest BCUT2D eigenvalue weighted by molar-refractivity contribution is 5.79. The van der Waals surface area contributed by atoms with Crippen molar-refractivity contribution in [3.63, 3.8) is 0 Å². The number of hydrogen-bond acceptors (Lipinski definition) is 12. The number of hydrogen-bond donors (Lipinski definition) is 2. The number of fused-ring (bicyclic) bond motifs is 6. The van der Waals surface area contributed by atoms with Gasteiger partial charge in [-0.2, -0.15) is 0 Å². The molecule has 10 aliphatic heterocycles. The third-order valence-electron chi connectivity index (χ3n) is 13.9. The Balaban J connectivity index is 0.994. The second-order valence-corrected chi connectivity index (χ2v) is 17.4. The van der Waals surface area contributed by atoms with Crippen LogP contribution in [0.2, 0.25) is 0 Å². The van der Waals surface area contributed by atoms with Gasteiger partial charge in [0.25, 0.3) is 0 Å². The van der Waals surface area contributed by atoms with E-state index in [1.54, 1.807) is 7.11 Å². The minimum atomic E-state index is -0.951. The molecule has 10 rings (SSSR count). The van der Waals surface area contributed by atoms with Crippen LogP contribution in [0.5, 0.6) is 0 Å². The topological polar surface area (TPSA) is 141 Å². The van der Waals surface area contributed by atoms with Crippen LogP contribution < -0.4 is 0 Å². The molecule has 19 atom stereocenters. The summed E-state index contributed by atoms with van der Waals surface area (Å²) in [5, 5.41) is 20.1. The third-order valence-corrected chi connectivity index (χ3v) is 13.9. The molecule has 0 aromatic heterocycles. The van der Waals surface area contributed by atoms with Crippen LogP contribution in [0.25, 0.3) is 0 Å². The van der Waals surface area contributed by atoms with Crippen molar-refractivity contribution in [1.82, 2.24) is 0 Å². The molecule has 0 radical (unpaired) electrons. The van der Waals surface area contributed by atoms with Crippen LogP contribution in [0, 0.1) is 11.8 Å². The molecule has 12 bridgehead atoms. The van der Waals surface area contributed by atoms with Crippen molar-refractivity contribution in [3.05, 3.63) is 24.3 Å². The normalized spacial score (nSPS) is 52.4. The molecule has 12 nitrogen and oxygen atoms in total. The molecule has 10 fully saturated rings. The Bertz CT molecular complexity index is 1370. The second-order valence-electron chi connectivity index (χ2n) is 17.4. The van der Waals surface area contributed by atoms with Crippen molar-refractivity contribution in [1.29, 1.82) is 0 Å². The number of aliphatic hydroxyl groups is 2. The van der Waals surface area contributed by atoms with Crippen molar-refractivity contribution < 1.29 is 57.6 Å². The molecule has 2 N–H and O–H groups in total. The minimum absolute atomic E-state index is 0.0260. The van der Waals surface area contributed by atoms with Crippen molar-refractivity contribution in [2.75, 3.05) is 13.7 Å². The SMILES string of the molecule is C=C1CC2CCC34CC5OC6C(O3)C3OC(CCC3O[C@H]6C5O4)CC(=O)CC3C(CC4OC(CCC1O2)CC(C)C4=C)OC(CC(O)CO)C3OC. The maximum absolute atomic E-state index is 14.0. The van der Waals surface area contributed by atoms with E-state index in [0.29, 0.717) is 25.7 Å². The molecule has 0 amide bonds. The van der Waals surface area contributed by atoms with Gasteiger partial charge in [-0.25, -0.2) is 0 Å². The molecule has 52 heavy (non-hydrogen) atoms. The highest BCUT2D eigenvalue weighted by atomic mass is 16.8. The van der Waals surface area contributed by atoms with Crippen LogP contribution >= 0.6 is 0 Å². The molecule has 0 aliphatic carbocycles. The van der Waals surface area contributed by atoms with Crippen LogP contribution in [0.15, 0.2) is 24.3 Å². The summed E-state index contributed by atoms with van der Waals surface area (Å²) in [6.07, 6.45) is 4.01. The van der Waals surface area contributed by atoms with Crippen LogP contribution in [0.4, 0.5) is 0 Å². The fourth-order valence-electron chi connectivity index (χ4n) is 11.3. The van der Waals surface area contributed by atoms with Gasteiger partial charge in [-0.1, -0.05) is 20.1 Å². The minimum Gasteiger partial charge on any atom is -0.394 e. The van der Waals surface area contributed by atoms with Gasteiger partial charge >= 0.3 is 0 Å². The lowest BCUT2D eigenvalue weighted by molar-refractivity contribution is -0.292. The summed E-state index contributed by atoms with van der Waals surface area (Å²) in [7, 11) is 1.63. The summed E-state index contributed by atoms with van der Waals surface area (Å²) >= 11 is 0. The van der Waals surface area contributed by atoms with Gasteiger partial charge in [-0.05, 0) is 62.0 Å². The quantitative estimate of drug-likeness (QED) is 0.410. The van der Waals surface area contributed by atoms with Crippen LogP contribution in [0.3, 0.4) is 0 Å². The molecule has 0 aromatic rings. The van der Waals surface area contributed by atoms with E-state index in [1.807, 2.05) is 0 Å². The van der Waals surface area contributed by atoms with Crippen molar-refractivity contribution in [3.8, 4) is 0 Å². The average Bonchev–Trinajstić information content (AvgIpc) is 3.79. The van der Waals surface area contributed by atoms with E-state index in [0.717, 1.165) is 49.7 Å². The van der Waals surface area contributed by atoms with Gasteiger partial charge in [0.15, 0.2) is 5.79 Å². The molecular weight excluding hydrogens is 672 g/mol. The number of methoxy groups -OCH3 is 1. The molecule has 0 aromatic carbocycles. The van der Waals surface area contributed by atoms with E-state index in [1.165, 1.54) is 0 Å². The standard InChI is InChI=1S/C40H58O12/c1-19-11-24-5-7-28-20(2)12-26(45-28)9-10-40-17-33-36(51-40)37-38(50-33)39(52-40)35-29(49-37)8-6-25(47-35)13-22(42)14-27-31(16-30(46-24)21(19)3)48-32(34(27)44-4)15-23(43)18-41/h19,23-39,41,43H,2-3,5-18H2,1,4H3/t19?,23?,24?,25?,26?,27?,28?,29?,30?,31?,32?,33?,34?,35?,36?,37-,38?,39?,40?/m0/s1. The Morgan fingerprint density at radius 2 is 1.54 bits per heavy atom. The first-order valence-corrected chi connectivity index (χ1v) is 20.1. The van der Waals surface area contributed by atoms with Crippen molar-refractivity contribution >= 4 is 5.78 Å². The van der Waals surface area contributed by atoms with Crippen molar-refractivity contribution in [2.24, 2.45) is 11.8 Å². The lowest BCUT2D eigenvalue weighted by atomic mass is 9.81. The largest absolute Gasteiger partial charge is 0.394 e. The maximum atomic E-state index is 14.0.